The summed E-state index contributed by atoms with van der Waals surface area (Å²) in [5.41, 5.74) is 2.36. The summed E-state index contributed by atoms with van der Waals surface area (Å²) in [6.45, 7) is 3.76. The maximum Gasteiger partial charge on any atom is 0.255 e. The van der Waals surface area contributed by atoms with Gasteiger partial charge in [0.1, 0.15) is 5.75 Å². The zero-order valence-electron chi connectivity index (χ0n) is 11.2. The predicted octanol–water partition coefficient (Wildman–Crippen LogP) is 2.22. The molecule has 5 heteroatoms. The number of hydrogen-bond acceptors (Lipinski definition) is 3. The molecular weight excluding hydrogens is 242 g/mol. The van der Waals surface area contributed by atoms with Gasteiger partial charge in [-0.05, 0) is 31.5 Å². The monoisotopic (exact) mass is 259 g/mol. The molecule has 5 nitrogen and oxygen atoms in total. The molecule has 1 amide bonds. The van der Waals surface area contributed by atoms with Crippen LogP contribution >= 0.6 is 0 Å². The lowest BCUT2D eigenvalue weighted by molar-refractivity contribution is 0.0939. The molecule has 1 aromatic carbocycles. The number of rotatable bonds is 4. The molecule has 0 radical (unpaired) electrons. The number of hydrogen-bond donors (Lipinski definition) is 2. The second-order valence-electron chi connectivity index (χ2n) is 4.38. The van der Waals surface area contributed by atoms with Crippen molar-refractivity contribution >= 4 is 5.91 Å². The summed E-state index contributed by atoms with van der Waals surface area (Å²) in [6, 6.07) is 7.55. The van der Waals surface area contributed by atoms with Gasteiger partial charge < -0.3 is 10.1 Å². The Morgan fingerprint density at radius 1 is 1.37 bits per heavy atom. The first-order valence-electron chi connectivity index (χ1n) is 6.06. The summed E-state index contributed by atoms with van der Waals surface area (Å²) in [5, 5.41) is 9.53. The third kappa shape index (κ3) is 2.93. The second kappa shape index (κ2) is 5.56. The van der Waals surface area contributed by atoms with E-state index in [1.165, 1.54) is 6.20 Å². The highest BCUT2D eigenvalue weighted by Gasteiger charge is 2.14. The minimum Gasteiger partial charge on any atom is -0.497 e. The van der Waals surface area contributed by atoms with Crippen LogP contribution in [-0.4, -0.2) is 23.2 Å². The molecule has 0 fully saturated rings. The Kier molecular flexibility index (Phi) is 3.85. The molecule has 1 unspecified atom stereocenters. The molecule has 0 saturated carbocycles. The number of nitrogens with one attached hydrogen (secondary N) is 2. The van der Waals surface area contributed by atoms with Crippen LogP contribution in [0.4, 0.5) is 0 Å². The Balaban J connectivity index is 2.06. The Labute approximate surface area is 112 Å². The van der Waals surface area contributed by atoms with E-state index >= 15 is 0 Å². The average molecular weight is 259 g/mol. The van der Waals surface area contributed by atoms with Crippen molar-refractivity contribution in [3.05, 3.63) is 47.3 Å². The molecule has 0 saturated heterocycles. The lowest BCUT2D eigenvalue weighted by Gasteiger charge is -2.14. The minimum atomic E-state index is -0.130. The number of carbonyl (C=O) groups excluding carboxylic acids is 1. The molecular formula is C14H17N3O2. The third-order valence-electron chi connectivity index (χ3n) is 3.04. The van der Waals surface area contributed by atoms with Gasteiger partial charge in [-0.15, -0.1) is 0 Å². The highest BCUT2D eigenvalue weighted by atomic mass is 16.5. The van der Waals surface area contributed by atoms with Crippen molar-refractivity contribution in [2.45, 2.75) is 19.9 Å². The van der Waals surface area contributed by atoms with Gasteiger partial charge in [0.2, 0.25) is 0 Å². The summed E-state index contributed by atoms with van der Waals surface area (Å²) < 4.78 is 5.10. The number of nitrogens with zero attached hydrogens (tertiary/aromatic N) is 1. The number of benzene rings is 1. The molecule has 19 heavy (non-hydrogen) atoms. The highest BCUT2D eigenvalue weighted by molar-refractivity contribution is 5.95. The first-order valence-corrected chi connectivity index (χ1v) is 6.06. The van der Waals surface area contributed by atoms with Gasteiger partial charge in [0.05, 0.1) is 24.9 Å². The molecule has 1 atom stereocenters. The number of aryl methyl sites for hydroxylation is 1. The largest absolute Gasteiger partial charge is 0.497 e. The van der Waals surface area contributed by atoms with Gasteiger partial charge in [0, 0.05) is 5.69 Å². The van der Waals surface area contributed by atoms with Crippen molar-refractivity contribution in [3.8, 4) is 5.75 Å². The minimum absolute atomic E-state index is 0.0762. The summed E-state index contributed by atoms with van der Waals surface area (Å²) in [4.78, 5) is 12.0. The quantitative estimate of drug-likeness (QED) is 0.884. The standard InChI is InChI=1S/C14H17N3O2/c1-9(11-4-6-12(19-3)7-5-11)16-14(18)13-8-15-17-10(13)2/h4-9H,1-3H3,(H,15,17)(H,16,18). The fraction of sp³-hybridized carbons (Fsp3) is 0.286. The molecule has 2 N–H and O–H groups in total. The fourth-order valence-corrected chi connectivity index (χ4v) is 1.83. The van der Waals surface area contributed by atoms with Crippen LogP contribution in [0.1, 0.15) is 34.6 Å². The maximum atomic E-state index is 12.0. The molecule has 0 bridgehead atoms. The average Bonchev–Trinajstić information content (AvgIpc) is 2.85. The van der Waals surface area contributed by atoms with E-state index in [1.807, 2.05) is 38.1 Å². The SMILES string of the molecule is COc1ccc(C(C)NC(=O)c2cn[nH]c2C)cc1. The number of aromatic nitrogens is 2. The van der Waals surface area contributed by atoms with Crippen LogP contribution in [0.15, 0.2) is 30.5 Å². The molecule has 2 aromatic rings. The van der Waals surface area contributed by atoms with Crippen LogP contribution in [0.3, 0.4) is 0 Å². The van der Waals surface area contributed by atoms with Crippen molar-refractivity contribution in [3.63, 3.8) is 0 Å². The van der Waals surface area contributed by atoms with Crippen molar-refractivity contribution in [1.82, 2.24) is 15.5 Å². The van der Waals surface area contributed by atoms with Crippen LogP contribution < -0.4 is 10.1 Å². The van der Waals surface area contributed by atoms with E-state index in [1.54, 1.807) is 7.11 Å². The Bertz CT molecular complexity index is 560. The summed E-state index contributed by atoms with van der Waals surface area (Å²) in [6.07, 6.45) is 1.53. The lowest BCUT2D eigenvalue weighted by atomic mass is 10.1. The van der Waals surface area contributed by atoms with Crippen LogP contribution in [-0.2, 0) is 0 Å². The van der Waals surface area contributed by atoms with Crippen LogP contribution in [0.2, 0.25) is 0 Å². The number of amides is 1. The zero-order valence-corrected chi connectivity index (χ0v) is 11.2. The number of carbonyl (C=O) groups is 1. The van der Waals surface area contributed by atoms with E-state index in [0.717, 1.165) is 17.0 Å². The Morgan fingerprint density at radius 2 is 2.05 bits per heavy atom. The van der Waals surface area contributed by atoms with Crippen LogP contribution in [0, 0.1) is 6.92 Å². The smallest absolute Gasteiger partial charge is 0.255 e. The molecule has 2 rings (SSSR count). The fourth-order valence-electron chi connectivity index (χ4n) is 1.83. The van der Waals surface area contributed by atoms with Crippen LogP contribution in [0.25, 0.3) is 0 Å². The van der Waals surface area contributed by atoms with Crippen molar-refractivity contribution < 1.29 is 9.53 Å². The Hall–Kier alpha value is -2.30. The van der Waals surface area contributed by atoms with E-state index in [2.05, 4.69) is 15.5 Å². The van der Waals surface area contributed by atoms with Crippen molar-refractivity contribution in [2.75, 3.05) is 7.11 Å². The van der Waals surface area contributed by atoms with E-state index in [4.69, 9.17) is 4.74 Å². The molecule has 0 aliphatic heterocycles. The number of aromatic amines is 1. The van der Waals surface area contributed by atoms with Gasteiger partial charge in [-0.2, -0.15) is 5.10 Å². The van der Waals surface area contributed by atoms with Gasteiger partial charge >= 0.3 is 0 Å². The topological polar surface area (TPSA) is 67.0 Å². The summed E-state index contributed by atoms with van der Waals surface area (Å²) in [7, 11) is 1.63. The molecule has 0 aliphatic rings. The number of methoxy groups -OCH3 is 1. The van der Waals surface area contributed by atoms with E-state index < -0.39 is 0 Å². The van der Waals surface area contributed by atoms with E-state index in [0.29, 0.717) is 5.56 Å². The summed E-state index contributed by atoms with van der Waals surface area (Å²) in [5.74, 6) is 0.669. The molecule has 1 heterocycles. The first-order chi connectivity index (χ1) is 9.11. The van der Waals surface area contributed by atoms with Gasteiger partial charge in [-0.1, -0.05) is 12.1 Å². The highest BCUT2D eigenvalue weighted by Crippen LogP contribution is 2.17. The van der Waals surface area contributed by atoms with Gasteiger partial charge in [0.25, 0.3) is 5.91 Å². The zero-order chi connectivity index (χ0) is 13.8. The third-order valence-corrected chi connectivity index (χ3v) is 3.04. The molecule has 1 aromatic heterocycles. The van der Waals surface area contributed by atoms with Crippen LogP contribution in [0.5, 0.6) is 5.75 Å². The van der Waals surface area contributed by atoms with Gasteiger partial charge in [0.15, 0.2) is 0 Å². The molecule has 0 spiro atoms. The van der Waals surface area contributed by atoms with Crippen molar-refractivity contribution in [2.24, 2.45) is 0 Å². The lowest BCUT2D eigenvalue weighted by Crippen LogP contribution is -2.26. The number of H-pyrrole nitrogens is 1. The van der Waals surface area contributed by atoms with Gasteiger partial charge in [-0.25, -0.2) is 0 Å². The van der Waals surface area contributed by atoms with Crippen molar-refractivity contribution in [1.29, 1.82) is 0 Å². The first kappa shape index (κ1) is 13.1. The predicted molar refractivity (Wildman–Crippen MR) is 72.2 cm³/mol. The normalized spacial score (nSPS) is 11.9. The van der Waals surface area contributed by atoms with E-state index in [-0.39, 0.29) is 11.9 Å². The second-order valence-corrected chi connectivity index (χ2v) is 4.38. The maximum absolute atomic E-state index is 12.0. The summed E-state index contributed by atoms with van der Waals surface area (Å²) >= 11 is 0. The van der Waals surface area contributed by atoms with Gasteiger partial charge in [-0.3, -0.25) is 9.89 Å². The Morgan fingerprint density at radius 3 is 2.58 bits per heavy atom. The van der Waals surface area contributed by atoms with E-state index in [9.17, 15) is 4.79 Å². The molecule has 100 valence electrons. The molecule has 0 aliphatic carbocycles. The number of ether oxygens (including phenoxy) is 1.